The third kappa shape index (κ3) is 3.31. The lowest BCUT2D eigenvalue weighted by molar-refractivity contribution is 0.0704. The Bertz CT molecular complexity index is 844. The first kappa shape index (κ1) is 15.6. The highest BCUT2D eigenvalue weighted by molar-refractivity contribution is 5.94. The van der Waals surface area contributed by atoms with Crippen molar-refractivity contribution in [3.8, 4) is 11.3 Å². The first-order valence-corrected chi connectivity index (χ1v) is 8.61. The van der Waals surface area contributed by atoms with E-state index >= 15 is 0 Å². The van der Waals surface area contributed by atoms with Crippen LogP contribution in [-0.4, -0.2) is 38.8 Å². The molecular weight excluding hydrogens is 312 g/mol. The summed E-state index contributed by atoms with van der Waals surface area (Å²) in [7, 11) is 0. The van der Waals surface area contributed by atoms with E-state index in [0.717, 1.165) is 36.5 Å². The summed E-state index contributed by atoms with van der Waals surface area (Å²) in [6, 6.07) is 13.8. The maximum absolute atomic E-state index is 12.7. The van der Waals surface area contributed by atoms with Gasteiger partial charge >= 0.3 is 0 Å². The molecule has 5 heteroatoms. The van der Waals surface area contributed by atoms with Crippen LogP contribution in [0.5, 0.6) is 0 Å². The Kier molecular flexibility index (Phi) is 4.29. The van der Waals surface area contributed by atoms with Crippen molar-refractivity contribution in [2.24, 2.45) is 0 Å². The molecule has 0 aliphatic carbocycles. The Morgan fingerprint density at radius 1 is 1.12 bits per heavy atom. The van der Waals surface area contributed by atoms with Gasteiger partial charge in [0.2, 0.25) is 0 Å². The molecule has 1 amide bonds. The number of amides is 1. The average Bonchev–Trinajstić information content (AvgIpc) is 3.19. The monoisotopic (exact) mass is 332 g/mol. The van der Waals surface area contributed by atoms with Gasteiger partial charge in [0.1, 0.15) is 5.82 Å². The molecule has 0 spiro atoms. The van der Waals surface area contributed by atoms with Gasteiger partial charge in [-0.25, -0.2) is 4.98 Å². The van der Waals surface area contributed by atoms with Crippen LogP contribution >= 0.6 is 0 Å². The topological polar surface area (TPSA) is 61.9 Å². The molecule has 1 fully saturated rings. The fraction of sp³-hybridized carbons (Fsp3) is 0.250. The van der Waals surface area contributed by atoms with Gasteiger partial charge in [0.25, 0.3) is 5.91 Å². The van der Waals surface area contributed by atoms with E-state index in [-0.39, 0.29) is 11.8 Å². The number of imidazole rings is 1. The molecule has 1 aliphatic rings. The number of hydrogen-bond acceptors (Lipinski definition) is 3. The number of carbonyl (C=O) groups excluding carboxylic acids is 1. The summed E-state index contributed by atoms with van der Waals surface area (Å²) in [6.45, 7) is 1.48. The number of hydrogen-bond donors (Lipinski definition) is 1. The molecule has 0 radical (unpaired) electrons. The van der Waals surface area contributed by atoms with Crippen LogP contribution in [0.25, 0.3) is 11.3 Å². The fourth-order valence-electron chi connectivity index (χ4n) is 3.37. The molecule has 1 N–H and O–H groups in total. The Hall–Kier alpha value is -2.95. The molecule has 1 aliphatic heterocycles. The molecule has 126 valence electrons. The lowest BCUT2D eigenvalue weighted by atomic mass is 9.97. The van der Waals surface area contributed by atoms with Gasteiger partial charge in [0.15, 0.2) is 0 Å². The molecule has 4 rings (SSSR count). The van der Waals surface area contributed by atoms with Crippen LogP contribution in [0.3, 0.4) is 0 Å². The van der Waals surface area contributed by atoms with Crippen molar-refractivity contribution >= 4 is 5.91 Å². The lowest BCUT2D eigenvalue weighted by Crippen LogP contribution is -2.39. The third-order valence-electron chi connectivity index (χ3n) is 4.68. The summed E-state index contributed by atoms with van der Waals surface area (Å²) in [5.74, 6) is 1.25. The number of benzene rings is 1. The molecule has 0 bridgehead atoms. The highest BCUT2D eigenvalue weighted by atomic mass is 16.2. The van der Waals surface area contributed by atoms with Crippen molar-refractivity contribution in [1.82, 2.24) is 19.9 Å². The van der Waals surface area contributed by atoms with Crippen molar-refractivity contribution in [2.45, 2.75) is 18.8 Å². The van der Waals surface area contributed by atoms with Crippen molar-refractivity contribution in [2.75, 3.05) is 13.1 Å². The summed E-state index contributed by atoms with van der Waals surface area (Å²) >= 11 is 0. The summed E-state index contributed by atoms with van der Waals surface area (Å²) in [5.41, 5.74) is 2.79. The summed E-state index contributed by atoms with van der Waals surface area (Å²) in [5, 5.41) is 0. The van der Waals surface area contributed by atoms with E-state index in [2.05, 4.69) is 27.1 Å². The summed E-state index contributed by atoms with van der Waals surface area (Å²) in [6.07, 6.45) is 7.22. The largest absolute Gasteiger partial charge is 0.342 e. The number of rotatable bonds is 3. The van der Waals surface area contributed by atoms with Crippen LogP contribution < -0.4 is 0 Å². The smallest absolute Gasteiger partial charge is 0.255 e. The van der Waals surface area contributed by atoms with Gasteiger partial charge in [-0.05, 0) is 30.5 Å². The van der Waals surface area contributed by atoms with E-state index in [4.69, 9.17) is 0 Å². The van der Waals surface area contributed by atoms with Crippen LogP contribution in [0, 0.1) is 0 Å². The number of piperidine rings is 1. The number of aromatic nitrogens is 3. The Balaban J connectivity index is 1.50. The van der Waals surface area contributed by atoms with E-state index in [1.165, 1.54) is 0 Å². The van der Waals surface area contributed by atoms with E-state index in [1.807, 2.05) is 35.4 Å². The van der Waals surface area contributed by atoms with Crippen LogP contribution in [0.2, 0.25) is 0 Å². The maximum Gasteiger partial charge on any atom is 0.255 e. The molecule has 1 saturated heterocycles. The van der Waals surface area contributed by atoms with Crippen LogP contribution in [-0.2, 0) is 0 Å². The fourth-order valence-corrected chi connectivity index (χ4v) is 3.37. The molecule has 3 heterocycles. The number of carbonyl (C=O) groups is 1. The molecular formula is C20H20N4O. The van der Waals surface area contributed by atoms with Gasteiger partial charge < -0.3 is 9.88 Å². The van der Waals surface area contributed by atoms with Crippen LogP contribution in [0.4, 0.5) is 0 Å². The first-order valence-electron chi connectivity index (χ1n) is 8.61. The second-order valence-corrected chi connectivity index (χ2v) is 6.38. The predicted molar refractivity (Wildman–Crippen MR) is 96.1 cm³/mol. The van der Waals surface area contributed by atoms with Gasteiger partial charge in [0.05, 0.1) is 17.5 Å². The molecule has 0 saturated carbocycles. The average molecular weight is 332 g/mol. The van der Waals surface area contributed by atoms with Crippen LogP contribution in [0.15, 0.2) is 61.1 Å². The van der Waals surface area contributed by atoms with Crippen molar-refractivity contribution in [1.29, 1.82) is 0 Å². The van der Waals surface area contributed by atoms with Crippen molar-refractivity contribution in [3.63, 3.8) is 0 Å². The number of aromatic amines is 1. The Morgan fingerprint density at radius 3 is 2.80 bits per heavy atom. The normalized spacial score (nSPS) is 17.4. The van der Waals surface area contributed by atoms with Gasteiger partial charge in [0, 0.05) is 31.4 Å². The molecule has 1 unspecified atom stereocenters. The zero-order valence-corrected chi connectivity index (χ0v) is 13.9. The standard InChI is InChI=1S/C20H20N4O/c25-20(16-8-4-10-21-12-16)24-11-5-9-17(14-24)19-22-13-18(23-19)15-6-2-1-3-7-15/h1-4,6-8,10,12-13,17H,5,9,11,14H2,(H,22,23). The maximum atomic E-state index is 12.7. The SMILES string of the molecule is O=C(c1cccnc1)N1CCCC(c2ncc(-c3ccccc3)[nH]2)C1. The second-order valence-electron chi connectivity index (χ2n) is 6.38. The highest BCUT2D eigenvalue weighted by Crippen LogP contribution is 2.27. The number of likely N-dealkylation sites (tertiary alicyclic amines) is 1. The van der Waals surface area contributed by atoms with E-state index < -0.39 is 0 Å². The number of nitrogens with zero attached hydrogens (tertiary/aromatic N) is 3. The van der Waals surface area contributed by atoms with Crippen LogP contribution in [0.1, 0.15) is 34.9 Å². The summed E-state index contributed by atoms with van der Waals surface area (Å²) < 4.78 is 0. The lowest BCUT2D eigenvalue weighted by Gasteiger charge is -2.31. The highest BCUT2D eigenvalue weighted by Gasteiger charge is 2.27. The summed E-state index contributed by atoms with van der Waals surface area (Å²) in [4.78, 5) is 26.6. The van der Waals surface area contributed by atoms with E-state index in [0.29, 0.717) is 12.1 Å². The minimum atomic E-state index is 0.0487. The molecule has 25 heavy (non-hydrogen) atoms. The third-order valence-corrected chi connectivity index (χ3v) is 4.68. The van der Waals surface area contributed by atoms with E-state index in [9.17, 15) is 4.79 Å². The number of nitrogens with one attached hydrogen (secondary N) is 1. The molecule has 1 atom stereocenters. The number of pyridine rings is 1. The first-order chi connectivity index (χ1) is 12.3. The van der Waals surface area contributed by atoms with Gasteiger partial charge in [-0.15, -0.1) is 0 Å². The Morgan fingerprint density at radius 2 is 2.00 bits per heavy atom. The zero-order chi connectivity index (χ0) is 17.1. The van der Waals surface area contributed by atoms with Crippen molar-refractivity contribution < 1.29 is 4.79 Å². The molecule has 2 aromatic heterocycles. The minimum absolute atomic E-state index is 0.0487. The van der Waals surface area contributed by atoms with Gasteiger partial charge in [-0.2, -0.15) is 0 Å². The van der Waals surface area contributed by atoms with Crippen molar-refractivity contribution in [3.05, 3.63) is 72.4 Å². The quantitative estimate of drug-likeness (QED) is 0.798. The van der Waals surface area contributed by atoms with Gasteiger partial charge in [-0.1, -0.05) is 30.3 Å². The minimum Gasteiger partial charge on any atom is -0.342 e. The molecule has 1 aromatic carbocycles. The predicted octanol–water partition coefficient (Wildman–Crippen LogP) is 3.49. The molecule has 5 nitrogen and oxygen atoms in total. The zero-order valence-electron chi connectivity index (χ0n) is 13.9. The second kappa shape index (κ2) is 6.89. The number of H-pyrrole nitrogens is 1. The van der Waals surface area contributed by atoms with Gasteiger partial charge in [-0.3, -0.25) is 9.78 Å². The molecule has 3 aromatic rings. The Labute approximate surface area is 146 Å². The van der Waals surface area contributed by atoms with E-state index in [1.54, 1.807) is 18.5 Å².